The second-order valence-electron chi connectivity index (χ2n) is 3.74. The van der Waals surface area contributed by atoms with Gasteiger partial charge in [-0.05, 0) is 31.7 Å². The van der Waals surface area contributed by atoms with E-state index in [0.29, 0.717) is 0 Å². The van der Waals surface area contributed by atoms with Crippen LogP contribution in [0, 0.1) is 0 Å². The van der Waals surface area contributed by atoms with Crippen molar-refractivity contribution in [3.05, 3.63) is 35.9 Å². The van der Waals surface area contributed by atoms with Crippen molar-refractivity contribution in [2.24, 2.45) is 0 Å². The predicted molar refractivity (Wildman–Crippen MR) is 68.7 cm³/mol. The van der Waals surface area contributed by atoms with Crippen molar-refractivity contribution >= 4 is 16.7 Å². The molecule has 1 heterocycles. The summed E-state index contributed by atoms with van der Waals surface area (Å²) in [5.74, 6) is 0.950. The third-order valence-electron chi connectivity index (χ3n) is 2.53. The van der Waals surface area contributed by atoms with Crippen molar-refractivity contribution < 1.29 is 0 Å². The summed E-state index contributed by atoms with van der Waals surface area (Å²) in [4.78, 5) is 4.57. The molecule has 0 saturated carbocycles. The van der Waals surface area contributed by atoms with Gasteiger partial charge in [-0.25, -0.2) is 4.98 Å². The molecule has 2 aromatic rings. The van der Waals surface area contributed by atoms with Gasteiger partial charge in [-0.15, -0.1) is 0 Å². The maximum atomic E-state index is 4.57. The molecule has 0 fully saturated rings. The molecule has 0 aliphatic rings. The molecule has 0 radical (unpaired) electrons. The van der Waals surface area contributed by atoms with E-state index in [1.54, 1.807) is 0 Å². The monoisotopic (exact) mass is 215 g/mol. The van der Waals surface area contributed by atoms with Crippen LogP contribution in [0.3, 0.4) is 0 Å². The number of anilines is 1. The summed E-state index contributed by atoms with van der Waals surface area (Å²) in [6, 6.07) is 10.4. The second kappa shape index (κ2) is 4.94. The van der Waals surface area contributed by atoms with E-state index < -0.39 is 0 Å². The van der Waals surface area contributed by atoms with Crippen molar-refractivity contribution in [1.29, 1.82) is 0 Å². The lowest BCUT2D eigenvalue weighted by atomic mass is 10.1. The minimum absolute atomic E-state index is 0.863. The summed E-state index contributed by atoms with van der Waals surface area (Å²) in [5.41, 5.74) is 2.33. The maximum absolute atomic E-state index is 4.57. The average molecular weight is 215 g/mol. The largest absolute Gasteiger partial charge is 0.370 e. The van der Waals surface area contributed by atoms with Gasteiger partial charge >= 0.3 is 0 Å². The van der Waals surface area contributed by atoms with E-state index in [9.17, 15) is 0 Å². The van der Waals surface area contributed by atoms with Crippen molar-refractivity contribution in [3.8, 4) is 0 Å². The van der Waals surface area contributed by atoms with Gasteiger partial charge in [-0.2, -0.15) is 0 Å². The van der Waals surface area contributed by atoms with E-state index in [0.717, 1.165) is 24.4 Å². The van der Waals surface area contributed by atoms with Gasteiger partial charge < -0.3 is 10.6 Å². The lowest BCUT2D eigenvalue weighted by Crippen LogP contribution is -2.07. The van der Waals surface area contributed by atoms with Gasteiger partial charge in [-0.1, -0.05) is 18.2 Å². The van der Waals surface area contributed by atoms with Crippen molar-refractivity contribution in [3.63, 3.8) is 0 Å². The van der Waals surface area contributed by atoms with Crippen LogP contribution >= 0.6 is 0 Å². The summed E-state index contributed by atoms with van der Waals surface area (Å²) >= 11 is 0. The van der Waals surface area contributed by atoms with E-state index in [2.05, 4.69) is 46.8 Å². The van der Waals surface area contributed by atoms with Gasteiger partial charge in [0.05, 0.1) is 5.52 Å². The number of para-hydroxylation sites is 1. The summed E-state index contributed by atoms with van der Waals surface area (Å²) in [5, 5.41) is 7.67. The van der Waals surface area contributed by atoms with Gasteiger partial charge in [0.25, 0.3) is 0 Å². The average Bonchev–Trinajstić information content (AvgIpc) is 2.30. The Kier molecular flexibility index (Phi) is 3.37. The second-order valence-corrected chi connectivity index (χ2v) is 3.74. The number of hydrogen-bond donors (Lipinski definition) is 2. The van der Waals surface area contributed by atoms with Crippen LogP contribution in [0.4, 0.5) is 5.82 Å². The normalized spacial score (nSPS) is 10.6. The van der Waals surface area contributed by atoms with E-state index in [1.807, 2.05) is 13.1 Å². The zero-order valence-electron chi connectivity index (χ0n) is 9.75. The topological polar surface area (TPSA) is 37.0 Å². The lowest BCUT2D eigenvalue weighted by Gasteiger charge is -2.09. The third kappa shape index (κ3) is 2.14. The lowest BCUT2D eigenvalue weighted by molar-refractivity contribution is 0.823. The molecule has 16 heavy (non-hydrogen) atoms. The molecule has 0 bridgehead atoms. The van der Waals surface area contributed by atoms with Crippen LogP contribution in [-0.2, 0) is 6.54 Å². The minimum atomic E-state index is 0.863. The number of fused-ring (bicyclic) bond motifs is 1. The number of hydrogen-bond acceptors (Lipinski definition) is 3. The van der Waals surface area contributed by atoms with Gasteiger partial charge in [0.15, 0.2) is 0 Å². The summed E-state index contributed by atoms with van der Waals surface area (Å²) in [6.07, 6.45) is 0. The fourth-order valence-corrected chi connectivity index (χ4v) is 1.86. The van der Waals surface area contributed by atoms with Crippen LogP contribution in [0.2, 0.25) is 0 Å². The molecular formula is C13H17N3. The number of nitrogens with one attached hydrogen (secondary N) is 2. The Morgan fingerprint density at radius 1 is 1.25 bits per heavy atom. The number of nitrogens with zero attached hydrogens (tertiary/aromatic N) is 1. The number of rotatable bonds is 4. The Morgan fingerprint density at radius 2 is 2.06 bits per heavy atom. The van der Waals surface area contributed by atoms with Crippen LogP contribution in [0.25, 0.3) is 10.9 Å². The Bertz CT molecular complexity index is 480. The molecule has 0 saturated heterocycles. The SMILES string of the molecule is CCNc1cc(CNC)c2ccccc2n1. The molecular weight excluding hydrogens is 198 g/mol. The molecule has 0 aliphatic heterocycles. The van der Waals surface area contributed by atoms with Crippen LogP contribution < -0.4 is 10.6 Å². The zero-order valence-corrected chi connectivity index (χ0v) is 9.75. The molecule has 3 heteroatoms. The van der Waals surface area contributed by atoms with Crippen LogP contribution in [-0.4, -0.2) is 18.6 Å². The molecule has 84 valence electrons. The molecule has 0 spiro atoms. The molecule has 0 unspecified atom stereocenters. The van der Waals surface area contributed by atoms with Crippen molar-refractivity contribution in [2.45, 2.75) is 13.5 Å². The molecule has 3 nitrogen and oxygen atoms in total. The van der Waals surface area contributed by atoms with E-state index in [-0.39, 0.29) is 0 Å². The first-order valence-corrected chi connectivity index (χ1v) is 5.62. The highest BCUT2D eigenvalue weighted by atomic mass is 15.0. The Morgan fingerprint density at radius 3 is 2.81 bits per heavy atom. The quantitative estimate of drug-likeness (QED) is 0.822. The maximum Gasteiger partial charge on any atom is 0.126 e. The molecule has 0 amide bonds. The smallest absolute Gasteiger partial charge is 0.126 e. The van der Waals surface area contributed by atoms with Gasteiger partial charge in [0.2, 0.25) is 0 Å². The first-order valence-electron chi connectivity index (χ1n) is 5.62. The van der Waals surface area contributed by atoms with Crippen molar-refractivity contribution in [2.75, 3.05) is 18.9 Å². The summed E-state index contributed by atoms with van der Waals surface area (Å²) < 4.78 is 0. The first kappa shape index (κ1) is 10.9. The van der Waals surface area contributed by atoms with E-state index in [4.69, 9.17) is 0 Å². The van der Waals surface area contributed by atoms with Crippen LogP contribution in [0.5, 0.6) is 0 Å². The number of pyridine rings is 1. The van der Waals surface area contributed by atoms with Crippen LogP contribution in [0.15, 0.2) is 30.3 Å². The summed E-state index contributed by atoms with van der Waals surface area (Å²) in [7, 11) is 1.96. The zero-order chi connectivity index (χ0) is 11.4. The fraction of sp³-hybridized carbons (Fsp3) is 0.308. The Balaban J connectivity index is 2.54. The van der Waals surface area contributed by atoms with Gasteiger partial charge in [-0.3, -0.25) is 0 Å². The van der Waals surface area contributed by atoms with E-state index >= 15 is 0 Å². The minimum Gasteiger partial charge on any atom is -0.370 e. The number of benzene rings is 1. The fourth-order valence-electron chi connectivity index (χ4n) is 1.86. The Labute approximate surface area is 95.9 Å². The highest BCUT2D eigenvalue weighted by molar-refractivity contribution is 5.84. The number of aromatic nitrogens is 1. The molecule has 0 aliphatic carbocycles. The first-order chi connectivity index (χ1) is 7.85. The summed E-state index contributed by atoms with van der Waals surface area (Å²) in [6.45, 7) is 3.83. The van der Waals surface area contributed by atoms with Crippen molar-refractivity contribution in [1.82, 2.24) is 10.3 Å². The van der Waals surface area contributed by atoms with Crippen LogP contribution in [0.1, 0.15) is 12.5 Å². The molecule has 1 aromatic carbocycles. The van der Waals surface area contributed by atoms with Gasteiger partial charge in [0.1, 0.15) is 5.82 Å². The standard InChI is InChI=1S/C13H17N3/c1-3-15-13-8-10(9-14-2)11-6-4-5-7-12(11)16-13/h4-8,14H,3,9H2,1-2H3,(H,15,16). The Hall–Kier alpha value is -1.61. The third-order valence-corrected chi connectivity index (χ3v) is 2.53. The molecule has 0 atom stereocenters. The predicted octanol–water partition coefficient (Wildman–Crippen LogP) is 2.39. The highest BCUT2D eigenvalue weighted by Gasteiger charge is 2.03. The highest BCUT2D eigenvalue weighted by Crippen LogP contribution is 2.20. The van der Waals surface area contributed by atoms with E-state index in [1.165, 1.54) is 10.9 Å². The molecule has 2 rings (SSSR count). The molecule has 2 N–H and O–H groups in total. The van der Waals surface area contributed by atoms with Gasteiger partial charge in [0, 0.05) is 18.5 Å². The molecule has 1 aromatic heterocycles.